The summed E-state index contributed by atoms with van der Waals surface area (Å²) < 4.78 is 6.00. The van der Waals surface area contributed by atoms with Crippen molar-refractivity contribution in [3.05, 3.63) is 64.2 Å². The van der Waals surface area contributed by atoms with Gasteiger partial charge in [-0.3, -0.25) is 4.79 Å². The number of benzene rings is 2. The Bertz CT molecular complexity index is 863. The van der Waals surface area contributed by atoms with Gasteiger partial charge >= 0.3 is 0 Å². The van der Waals surface area contributed by atoms with Crippen LogP contribution in [0.3, 0.4) is 0 Å². The maximum atomic E-state index is 12.5. The fourth-order valence-electron chi connectivity index (χ4n) is 3.47. The van der Waals surface area contributed by atoms with Crippen molar-refractivity contribution in [2.24, 2.45) is 0 Å². The van der Waals surface area contributed by atoms with E-state index in [1.165, 1.54) is 5.56 Å². The molecule has 0 aromatic heterocycles. The van der Waals surface area contributed by atoms with E-state index >= 15 is 0 Å². The summed E-state index contributed by atoms with van der Waals surface area (Å²) in [6.07, 6.45) is 3.60. The molecule has 0 spiro atoms. The van der Waals surface area contributed by atoms with Gasteiger partial charge in [0, 0.05) is 17.7 Å². The molecule has 2 aromatic rings. The summed E-state index contributed by atoms with van der Waals surface area (Å²) in [6, 6.07) is 15.2. The molecule has 1 amide bonds. The van der Waals surface area contributed by atoms with Crippen LogP contribution in [0.15, 0.2) is 42.5 Å². The van der Waals surface area contributed by atoms with Gasteiger partial charge in [-0.25, -0.2) is 0 Å². The van der Waals surface area contributed by atoms with Gasteiger partial charge < -0.3 is 10.1 Å². The molecule has 4 nitrogen and oxygen atoms in total. The predicted octanol–water partition coefficient (Wildman–Crippen LogP) is 5.46. The van der Waals surface area contributed by atoms with Crippen LogP contribution in [0.5, 0.6) is 5.75 Å². The topological polar surface area (TPSA) is 62.1 Å². The van der Waals surface area contributed by atoms with Gasteiger partial charge in [-0.15, -0.1) is 0 Å². The van der Waals surface area contributed by atoms with Gasteiger partial charge in [0.05, 0.1) is 16.7 Å². The molecular weight excluding hydrogens is 372 g/mol. The van der Waals surface area contributed by atoms with Crippen LogP contribution in [0, 0.1) is 11.3 Å². The summed E-state index contributed by atoms with van der Waals surface area (Å²) in [6.45, 7) is 4.28. The molecule has 0 unspecified atom stereocenters. The van der Waals surface area contributed by atoms with Gasteiger partial charge in [-0.2, -0.15) is 5.26 Å². The lowest BCUT2D eigenvalue weighted by molar-refractivity contribution is 0.0894. The second-order valence-electron chi connectivity index (χ2n) is 7.60. The first-order chi connectivity index (χ1) is 13.5. The third-order valence-corrected chi connectivity index (χ3v) is 5.53. The first-order valence-electron chi connectivity index (χ1n) is 9.73. The summed E-state index contributed by atoms with van der Waals surface area (Å²) in [5.74, 6) is 1.12. The van der Waals surface area contributed by atoms with Crippen LogP contribution in [0.2, 0.25) is 5.02 Å². The number of nitrogens with one attached hydrogen (secondary N) is 1. The lowest BCUT2D eigenvalue weighted by Crippen LogP contribution is -2.39. The summed E-state index contributed by atoms with van der Waals surface area (Å²) in [7, 11) is 0. The SMILES string of the molecule is CC(C)c1ccc(C(=O)NC2CCC(Oc3ccc(C#N)c(Cl)c3)CC2)cc1. The Kier molecular flexibility index (Phi) is 6.59. The van der Waals surface area contributed by atoms with E-state index in [-0.39, 0.29) is 18.1 Å². The zero-order valence-electron chi connectivity index (χ0n) is 16.2. The fraction of sp³-hybridized carbons (Fsp3) is 0.391. The van der Waals surface area contributed by atoms with Gasteiger partial charge in [-0.1, -0.05) is 37.6 Å². The summed E-state index contributed by atoms with van der Waals surface area (Å²) >= 11 is 6.06. The Morgan fingerprint density at radius 1 is 1.14 bits per heavy atom. The molecule has 0 atom stereocenters. The number of nitriles is 1. The Morgan fingerprint density at radius 3 is 2.39 bits per heavy atom. The number of carbonyl (C=O) groups excluding carboxylic acids is 1. The zero-order chi connectivity index (χ0) is 20.1. The second-order valence-corrected chi connectivity index (χ2v) is 8.00. The van der Waals surface area contributed by atoms with Crippen LogP contribution < -0.4 is 10.1 Å². The van der Waals surface area contributed by atoms with Crippen molar-refractivity contribution >= 4 is 17.5 Å². The maximum Gasteiger partial charge on any atom is 0.251 e. The highest BCUT2D eigenvalue weighted by Gasteiger charge is 2.24. The lowest BCUT2D eigenvalue weighted by Gasteiger charge is -2.29. The minimum atomic E-state index is -0.0152. The van der Waals surface area contributed by atoms with Crippen molar-refractivity contribution in [3.63, 3.8) is 0 Å². The highest BCUT2D eigenvalue weighted by molar-refractivity contribution is 6.31. The average molecular weight is 397 g/mol. The molecule has 28 heavy (non-hydrogen) atoms. The molecule has 0 bridgehead atoms. The Labute approximate surface area is 171 Å². The van der Waals surface area contributed by atoms with Gasteiger partial charge in [0.2, 0.25) is 0 Å². The number of halogens is 1. The number of ether oxygens (including phenoxy) is 1. The predicted molar refractivity (Wildman–Crippen MR) is 111 cm³/mol. The Hall–Kier alpha value is -2.51. The molecule has 0 aliphatic heterocycles. The molecule has 1 aliphatic carbocycles. The van der Waals surface area contributed by atoms with E-state index in [0.717, 1.165) is 25.7 Å². The normalized spacial score (nSPS) is 19.1. The number of nitrogens with zero attached hydrogens (tertiary/aromatic N) is 1. The van der Waals surface area contributed by atoms with Crippen molar-refractivity contribution in [1.82, 2.24) is 5.32 Å². The molecule has 146 valence electrons. The van der Waals surface area contributed by atoms with E-state index in [0.29, 0.717) is 27.8 Å². The van der Waals surface area contributed by atoms with Crippen molar-refractivity contribution in [3.8, 4) is 11.8 Å². The van der Waals surface area contributed by atoms with Crippen LogP contribution in [-0.2, 0) is 0 Å². The van der Waals surface area contributed by atoms with Crippen molar-refractivity contribution < 1.29 is 9.53 Å². The molecule has 2 aromatic carbocycles. The van der Waals surface area contributed by atoms with Gasteiger partial charge in [0.25, 0.3) is 5.91 Å². The van der Waals surface area contributed by atoms with Gasteiger partial charge in [-0.05, 0) is 61.4 Å². The first-order valence-corrected chi connectivity index (χ1v) is 10.1. The molecule has 0 radical (unpaired) electrons. The number of amides is 1. The average Bonchev–Trinajstić information content (AvgIpc) is 2.69. The third kappa shape index (κ3) is 5.05. The van der Waals surface area contributed by atoms with Crippen LogP contribution in [-0.4, -0.2) is 18.1 Å². The lowest BCUT2D eigenvalue weighted by atomic mass is 9.92. The van der Waals surface area contributed by atoms with E-state index < -0.39 is 0 Å². The molecule has 1 N–H and O–H groups in total. The maximum absolute atomic E-state index is 12.5. The monoisotopic (exact) mass is 396 g/mol. The van der Waals surface area contributed by atoms with E-state index in [4.69, 9.17) is 21.6 Å². The van der Waals surface area contributed by atoms with Gasteiger partial charge in [0.15, 0.2) is 0 Å². The highest BCUT2D eigenvalue weighted by atomic mass is 35.5. The van der Waals surface area contributed by atoms with Crippen LogP contribution >= 0.6 is 11.6 Å². The molecule has 1 saturated carbocycles. The van der Waals surface area contributed by atoms with Crippen molar-refractivity contribution in [2.75, 3.05) is 0 Å². The minimum absolute atomic E-state index is 0.0152. The van der Waals surface area contributed by atoms with E-state index in [2.05, 4.69) is 19.2 Å². The smallest absolute Gasteiger partial charge is 0.251 e. The van der Waals surface area contributed by atoms with Crippen molar-refractivity contribution in [2.45, 2.75) is 57.6 Å². The molecule has 3 rings (SSSR count). The molecule has 1 fully saturated rings. The summed E-state index contributed by atoms with van der Waals surface area (Å²) in [5, 5.41) is 12.5. The molecule has 0 saturated heterocycles. The summed E-state index contributed by atoms with van der Waals surface area (Å²) in [4.78, 5) is 12.5. The molecule has 0 heterocycles. The molecular formula is C23H25ClN2O2. The zero-order valence-corrected chi connectivity index (χ0v) is 17.0. The van der Waals surface area contributed by atoms with Gasteiger partial charge in [0.1, 0.15) is 11.8 Å². The van der Waals surface area contributed by atoms with E-state index in [1.807, 2.05) is 30.3 Å². The van der Waals surface area contributed by atoms with E-state index in [1.54, 1.807) is 18.2 Å². The van der Waals surface area contributed by atoms with Crippen LogP contribution in [0.4, 0.5) is 0 Å². The number of rotatable bonds is 5. The first kappa shape index (κ1) is 20.2. The minimum Gasteiger partial charge on any atom is -0.490 e. The fourth-order valence-corrected chi connectivity index (χ4v) is 3.68. The molecule has 5 heteroatoms. The third-order valence-electron chi connectivity index (χ3n) is 5.21. The van der Waals surface area contributed by atoms with E-state index in [9.17, 15) is 4.79 Å². The second kappa shape index (κ2) is 9.12. The Morgan fingerprint density at radius 2 is 1.82 bits per heavy atom. The Balaban J connectivity index is 1.49. The van der Waals surface area contributed by atoms with Crippen molar-refractivity contribution in [1.29, 1.82) is 5.26 Å². The van der Waals surface area contributed by atoms with Crippen LogP contribution in [0.1, 0.15) is 66.9 Å². The quantitative estimate of drug-likeness (QED) is 0.730. The summed E-state index contributed by atoms with van der Waals surface area (Å²) in [5.41, 5.74) is 2.38. The number of hydrogen-bond donors (Lipinski definition) is 1. The number of hydrogen-bond acceptors (Lipinski definition) is 3. The highest BCUT2D eigenvalue weighted by Crippen LogP contribution is 2.27. The molecule has 1 aliphatic rings. The van der Waals surface area contributed by atoms with Crippen LogP contribution in [0.25, 0.3) is 0 Å². The number of carbonyl (C=O) groups is 1. The standard InChI is InChI=1S/C23H25ClN2O2/c1-15(2)16-3-5-17(6-4-16)23(27)26-19-8-11-20(12-9-19)28-21-10-7-18(14-25)22(24)13-21/h3-7,10,13,15,19-20H,8-9,11-12H2,1-2H3,(H,26,27). The largest absolute Gasteiger partial charge is 0.490 e.